The van der Waals surface area contributed by atoms with Crippen LogP contribution in [0.15, 0.2) is 11.5 Å². The van der Waals surface area contributed by atoms with Crippen LogP contribution in [0.25, 0.3) is 15.9 Å². The van der Waals surface area contributed by atoms with Gasteiger partial charge in [-0.2, -0.15) is 0 Å². The number of hydrogen-bond donors (Lipinski definition) is 0. The van der Waals surface area contributed by atoms with Crippen molar-refractivity contribution >= 4 is 44.9 Å². The number of hydrogen-bond acceptors (Lipinski definition) is 6. The van der Waals surface area contributed by atoms with E-state index < -0.39 is 0 Å². The standard InChI is InChI=1S/C17H21N5OS2/c1-11-12(2)25-16-14(11)15-19-20-17(22(15)10-18-16)24-9-13(23)21-7-5-3-4-6-8-21/h10H,3-9H2,1-2H3. The zero-order chi connectivity index (χ0) is 17.4. The van der Waals surface area contributed by atoms with Crippen molar-refractivity contribution in [1.29, 1.82) is 0 Å². The number of aromatic nitrogens is 4. The van der Waals surface area contributed by atoms with Crippen LogP contribution in [0.5, 0.6) is 0 Å². The minimum Gasteiger partial charge on any atom is -0.342 e. The Morgan fingerprint density at radius 3 is 2.72 bits per heavy atom. The summed E-state index contributed by atoms with van der Waals surface area (Å²) in [5.41, 5.74) is 2.04. The predicted octanol–water partition coefficient (Wildman–Crippen LogP) is 3.45. The SMILES string of the molecule is Cc1sc2ncn3c(SCC(=O)N4CCCCCC4)nnc3c2c1C. The highest BCUT2D eigenvalue weighted by Crippen LogP contribution is 2.32. The molecule has 0 aromatic carbocycles. The molecule has 0 bridgehead atoms. The molecule has 0 radical (unpaired) electrons. The van der Waals surface area contributed by atoms with Crippen molar-refractivity contribution in [1.82, 2.24) is 24.5 Å². The maximum atomic E-state index is 12.5. The molecule has 1 amide bonds. The van der Waals surface area contributed by atoms with Crippen LogP contribution in [0.1, 0.15) is 36.1 Å². The number of carbonyl (C=O) groups excluding carboxylic acids is 1. The molecule has 0 atom stereocenters. The molecule has 1 aliphatic rings. The molecule has 0 spiro atoms. The van der Waals surface area contributed by atoms with Gasteiger partial charge >= 0.3 is 0 Å². The van der Waals surface area contributed by atoms with E-state index in [1.807, 2.05) is 9.30 Å². The van der Waals surface area contributed by atoms with Gasteiger partial charge in [0.2, 0.25) is 5.91 Å². The van der Waals surface area contributed by atoms with Crippen LogP contribution >= 0.6 is 23.1 Å². The van der Waals surface area contributed by atoms with E-state index in [4.69, 9.17) is 0 Å². The van der Waals surface area contributed by atoms with Gasteiger partial charge in [-0.05, 0) is 32.3 Å². The number of nitrogens with zero attached hydrogens (tertiary/aromatic N) is 5. The Morgan fingerprint density at radius 2 is 1.96 bits per heavy atom. The number of fused-ring (bicyclic) bond motifs is 3. The normalized spacial score (nSPS) is 15.8. The summed E-state index contributed by atoms with van der Waals surface area (Å²) >= 11 is 3.13. The summed E-state index contributed by atoms with van der Waals surface area (Å²) < 4.78 is 1.90. The number of likely N-dealkylation sites (tertiary alicyclic amines) is 1. The summed E-state index contributed by atoms with van der Waals surface area (Å²) in [6, 6.07) is 0. The number of amides is 1. The summed E-state index contributed by atoms with van der Waals surface area (Å²) in [4.78, 5) is 21.3. The van der Waals surface area contributed by atoms with E-state index in [0.29, 0.717) is 5.75 Å². The predicted molar refractivity (Wildman–Crippen MR) is 101 cm³/mol. The summed E-state index contributed by atoms with van der Waals surface area (Å²) in [7, 11) is 0. The first-order valence-electron chi connectivity index (χ1n) is 8.65. The van der Waals surface area contributed by atoms with Crippen molar-refractivity contribution in [2.45, 2.75) is 44.7 Å². The molecular formula is C17H21N5OS2. The zero-order valence-electron chi connectivity index (χ0n) is 14.5. The first kappa shape index (κ1) is 16.8. The third-order valence-corrected chi connectivity index (χ3v) is 6.87. The largest absolute Gasteiger partial charge is 0.342 e. The number of thiophene rings is 1. The van der Waals surface area contributed by atoms with Crippen LogP contribution in [0.4, 0.5) is 0 Å². The highest BCUT2D eigenvalue weighted by atomic mass is 32.2. The molecule has 6 nitrogen and oxygen atoms in total. The van der Waals surface area contributed by atoms with Crippen molar-refractivity contribution in [3.05, 3.63) is 16.8 Å². The number of rotatable bonds is 3. The first-order valence-corrected chi connectivity index (χ1v) is 10.5. The van der Waals surface area contributed by atoms with E-state index in [1.165, 1.54) is 35.0 Å². The lowest BCUT2D eigenvalue weighted by molar-refractivity contribution is -0.128. The second-order valence-corrected chi connectivity index (χ2v) is 8.61. The average molecular weight is 376 g/mol. The van der Waals surface area contributed by atoms with Gasteiger partial charge in [-0.15, -0.1) is 21.5 Å². The maximum absolute atomic E-state index is 12.5. The Bertz CT molecular complexity index is 924. The van der Waals surface area contributed by atoms with E-state index in [0.717, 1.165) is 47.0 Å². The Labute approximate surface area is 154 Å². The molecule has 4 rings (SSSR count). The molecule has 25 heavy (non-hydrogen) atoms. The first-order chi connectivity index (χ1) is 12.1. The topological polar surface area (TPSA) is 63.4 Å². The van der Waals surface area contributed by atoms with E-state index in [-0.39, 0.29) is 5.91 Å². The molecular weight excluding hydrogens is 354 g/mol. The van der Waals surface area contributed by atoms with E-state index in [9.17, 15) is 4.79 Å². The van der Waals surface area contributed by atoms with Gasteiger partial charge in [-0.25, -0.2) is 4.98 Å². The fourth-order valence-corrected chi connectivity index (χ4v) is 5.06. The Morgan fingerprint density at radius 1 is 1.20 bits per heavy atom. The van der Waals surface area contributed by atoms with Crippen LogP contribution in [0, 0.1) is 13.8 Å². The monoisotopic (exact) mass is 375 g/mol. The van der Waals surface area contributed by atoms with Crippen LogP contribution < -0.4 is 0 Å². The van der Waals surface area contributed by atoms with E-state index in [1.54, 1.807) is 17.7 Å². The Hall–Kier alpha value is -1.67. The molecule has 4 heterocycles. The zero-order valence-corrected chi connectivity index (χ0v) is 16.1. The number of aryl methyl sites for hydroxylation is 2. The molecule has 8 heteroatoms. The third kappa shape index (κ3) is 3.13. The molecule has 3 aromatic heterocycles. The second kappa shape index (κ2) is 6.92. The van der Waals surface area contributed by atoms with E-state index >= 15 is 0 Å². The lowest BCUT2D eigenvalue weighted by Crippen LogP contribution is -2.33. The highest BCUT2D eigenvalue weighted by molar-refractivity contribution is 7.99. The molecule has 0 unspecified atom stereocenters. The quantitative estimate of drug-likeness (QED) is 0.656. The molecule has 1 fully saturated rings. The molecule has 0 aliphatic carbocycles. The molecule has 3 aromatic rings. The number of thioether (sulfide) groups is 1. The summed E-state index contributed by atoms with van der Waals surface area (Å²) in [6.45, 7) is 5.97. The van der Waals surface area contributed by atoms with Gasteiger partial charge in [-0.1, -0.05) is 24.6 Å². The minimum atomic E-state index is 0.195. The van der Waals surface area contributed by atoms with Crippen molar-refractivity contribution in [2.75, 3.05) is 18.8 Å². The van der Waals surface area contributed by atoms with Gasteiger partial charge in [0.1, 0.15) is 11.2 Å². The average Bonchev–Trinajstić information content (AvgIpc) is 3.00. The third-order valence-electron chi connectivity index (χ3n) is 4.83. The van der Waals surface area contributed by atoms with Gasteiger partial charge in [0.25, 0.3) is 0 Å². The van der Waals surface area contributed by atoms with Gasteiger partial charge in [0.05, 0.1) is 11.1 Å². The van der Waals surface area contributed by atoms with Crippen LogP contribution in [0.3, 0.4) is 0 Å². The van der Waals surface area contributed by atoms with Crippen molar-refractivity contribution in [3.8, 4) is 0 Å². The highest BCUT2D eigenvalue weighted by Gasteiger charge is 2.19. The van der Waals surface area contributed by atoms with Gasteiger partial charge in [0.15, 0.2) is 10.8 Å². The van der Waals surface area contributed by atoms with Crippen molar-refractivity contribution in [3.63, 3.8) is 0 Å². The van der Waals surface area contributed by atoms with E-state index in [2.05, 4.69) is 29.0 Å². The maximum Gasteiger partial charge on any atom is 0.233 e. The van der Waals surface area contributed by atoms with Crippen LogP contribution in [0.2, 0.25) is 0 Å². The molecule has 1 aliphatic heterocycles. The number of carbonyl (C=O) groups is 1. The molecule has 0 N–H and O–H groups in total. The smallest absolute Gasteiger partial charge is 0.233 e. The molecule has 1 saturated heterocycles. The van der Waals surface area contributed by atoms with Gasteiger partial charge < -0.3 is 4.90 Å². The van der Waals surface area contributed by atoms with Gasteiger partial charge in [0, 0.05) is 18.0 Å². The minimum absolute atomic E-state index is 0.195. The molecule has 0 saturated carbocycles. The molecule has 132 valence electrons. The second-order valence-electron chi connectivity index (χ2n) is 6.47. The Kier molecular flexibility index (Phi) is 4.64. The summed E-state index contributed by atoms with van der Waals surface area (Å²) in [6.07, 6.45) is 6.46. The Balaban J connectivity index is 1.56. The summed E-state index contributed by atoms with van der Waals surface area (Å²) in [5.74, 6) is 0.598. The van der Waals surface area contributed by atoms with Crippen LogP contribution in [-0.2, 0) is 4.79 Å². The van der Waals surface area contributed by atoms with Crippen LogP contribution in [-0.4, -0.2) is 49.2 Å². The van der Waals surface area contributed by atoms with Crippen molar-refractivity contribution < 1.29 is 4.79 Å². The summed E-state index contributed by atoms with van der Waals surface area (Å²) in [5, 5.41) is 10.5. The fourth-order valence-electron chi connectivity index (χ4n) is 3.26. The van der Waals surface area contributed by atoms with Gasteiger partial charge in [-0.3, -0.25) is 9.20 Å². The fraction of sp³-hybridized carbons (Fsp3) is 0.529. The lowest BCUT2D eigenvalue weighted by atomic mass is 10.2. The van der Waals surface area contributed by atoms with Crippen molar-refractivity contribution in [2.24, 2.45) is 0 Å². The lowest BCUT2D eigenvalue weighted by Gasteiger charge is -2.19.